The topological polar surface area (TPSA) is 95.9 Å². The van der Waals surface area contributed by atoms with Crippen LogP contribution in [0.5, 0.6) is 0 Å². The zero-order valence-electron chi connectivity index (χ0n) is 54.5. The van der Waals surface area contributed by atoms with Crippen molar-refractivity contribution in [1.29, 1.82) is 0 Å². The molecular formula is C75H141NO5. The van der Waals surface area contributed by atoms with Crippen molar-refractivity contribution in [3.8, 4) is 0 Å². The van der Waals surface area contributed by atoms with E-state index in [9.17, 15) is 19.8 Å². The van der Waals surface area contributed by atoms with Crippen molar-refractivity contribution in [2.75, 3.05) is 13.2 Å². The highest BCUT2D eigenvalue weighted by atomic mass is 16.5. The lowest BCUT2D eigenvalue weighted by molar-refractivity contribution is -0.143. The number of aliphatic hydroxyl groups is 2. The van der Waals surface area contributed by atoms with E-state index in [0.717, 1.165) is 51.4 Å². The molecule has 0 aliphatic heterocycles. The normalized spacial score (nSPS) is 12.8. The van der Waals surface area contributed by atoms with Gasteiger partial charge in [-0.15, -0.1) is 0 Å². The molecule has 2 atom stereocenters. The van der Waals surface area contributed by atoms with Crippen LogP contribution >= 0.6 is 0 Å². The molecule has 0 heterocycles. The second-order valence-corrected chi connectivity index (χ2v) is 24.9. The number of carbonyl (C=O) groups is 2. The first-order chi connectivity index (χ1) is 40.0. The second-order valence-electron chi connectivity index (χ2n) is 24.9. The quantitative estimate of drug-likeness (QED) is 0.0320. The minimum absolute atomic E-state index is 0.00288. The molecule has 6 heteroatoms. The summed E-state index contributed by atoms with van der Waals surface area (Å²) in [7, 11) is 0. The van der Waals surface area contributed by atoms with Crippen molar-refractivity contribution < 1.29 is 24.5 Å². The Balaban J connectivity index is 3.42. The highest BCUT2D eigenvalue weighted by Crippen LogP contribution is 2.18. The number of hydrogen-bond acceptors (Lipinski definition) is 5. The number of allylic oxidation sites excluding steroid dienone is 7. The van der Waals surface area contributed by atoms with Crippen LogP contribution in [-0.4, -0.2) is 47.4 Å². The van der Waals surface area contributed by atoms with Gasteiger partial charge in [-0.3, -0.25) is 9.59 Å². The van der Waals surface area contributed by atoms with Crippen LogP contribution in [0.2, 0.25) is 0 Å². The summed E-state index contributed by atoms with van der Waals surface area (Å²) in [6.07, 6.45) is 92.0. The largest absolute Gasteiger partial charge is 0.466 e. The van der Waals surface area contributed by atoms with Gasteiger partial charge in [-0.25, -0.2) is 0 Å². The first-order valence-corrected chi connectivity index (χ1v) is 36.4. The first-order valence-electron chi connectivity index (χ1n) is 36.4. The van der Waals surface area contributed by atoms with Crippen molar-refractivity contribution in [1.82, 2.24) is 5.32 Å². The zero-order chi connectivity index (χ0) is 58.5. The van der Waals surface area contributed by atoms with Crippen molar-refractivity contribution in [2.45, 2.75) is 405 Å². The minimum atomic E-state index is -0.846. The molecule has 81 heavy (non-hydrogen) atoms. The van der Waals surface area contributed by atoms with Crippen LogP contribution in [-0.2, 0) is 14.3 Å². The van der Waals surface area contributed by atoms with E-state index >= 15 is 0 Å². The number of aliphatic hydroxyl groups excluding tert-OH is 2. The van der Waals surface area contributed by atoms with Gasteiger partial charge in [0.1, 0.15) is 0 Å². The molecule has 2 unspecified atom stereocenters. The Bertz CT molecular complexity index is 1360. The average Bonchev–Trinajstić information content (AvgIpc) is 3.47. The molecule has 476 valence electrons. The molecule has 0 aromatic rings. The van der Waals surface area contributed by atoms with E-state index in [1.165, 1.54) is 315 Å². The van der Waals surface area contributed by atoms with Gasteiger partial charge in [-0.1, -0.05) is 339 Å². The number of ether oxygens (including phenoxy) is 1. The molecule has 0 aromatic heterocycles. The van der Waals surface area contributed by atoms with Crippen molar-refractivity contribution in [3.63, 3.8) is 0 Å². The van der Waals surface area contributed by atoms with Crippen LogP contribution in [0.1, 0.15) is 393 Å². The molecule has 0 fully saturated rings. The van der Waals surface area contributed by atoms with E-state index in [1.807, 2.05) is 6.08 Å². The summed E-state index contributed by atoms with van der Waals surface area (Å²) in [6.45, 7) is 4.91. The van der Waals surface area contributed by atoms with Gasteiger partial charge in [0.25, 0.3) is 0 Å². The summed E-state index contributed by atoms with van der Waals surface area (Å²) in [5, 5.41) is 23.3. The summed E-state index contributed by atoms with van der Waals surface area (Å²) in [6, 6.07) is -0.629. The van der Waals surface area contributed by atoms with Gasteiger partial charge in [0.05, 0.1) is 25.4 Å². The lowest BCUT2D eigenvalue weighted by Gasteiger charge is -2.20. The second kappa shape index (κ2) is 70.3. The van der Waals surface area contributed by atoms with E-state index in [2.05, 4.69) is 55.6 Å². The third-order valence-corrected chi connectivity index (χ3v) is 16.8. The lowest BCUT2D eigenvalue weighted by Crippen LogP contribution is -2.45. The molecule has 3 N–H and O–H groups in total. The molecular weight excluding hydrogens is 995 g/mol. The van der Waals surface area contributed by atoms with Crippen LogP contribution in [0, 0.1) is 0 Å². The Morgan fingerprint density at radius 1 is 0.346 bits per heavy atom. The Morgan fingerprint density at radius 3 is 0.975 bits per heavy atom. The summed E-state index contributed by atoms with van der Waals surface area (Å²) in [5.41, 5.74) is 0. The molecule has 0 aromatic carbocycles. The molecule has 6 nitrogen and oxygen atoms in total. The van der Waals surface area contributed by atoms with Crippen LogP contribution in [0.4, 0.5) is 0 Å². The van der Waals surface area contributed by atoms with Gasteiger partial charge in [-0.05, 0) is 89.9 Å². The molecule has 0 saturated heterocycles. The van der Waals surface area contributed by atoms with E-state index in [0.29, 0.717) is 19.4 Å². The first kappa shape index (κ1) is 78.8. The number of nitrogens with one attached hydrogen (secondary N) is 1. The number of unbranched alkanes of at least 4 members (excludes halogenated alkanes) is 51. The van der Waals surface area contributed by atoms with Crippen molar-refractivity contribution >= 4 is 11.9 Å². The maximum Gasteiger partial charge on any atom is 0.305 e. The average molecular weight is 1140 g/mol. The SMILES string of the molecule is CCCCC/C=C\CCCCCCCC(=O)OCCCCCCCCCCC/C=C\C/C=C\CCCCCCCCCCCCCCCCCC(=O)NC(CO)C(O)/C=C/CCCCCCCCCCCCCCCCCCCCC. The molecule has 0 spiro atoms. The van der Waals surface area contributed by atoms with Crippen molar-refractivity contribution in [2.24, 2.45) is 0 Å². The third-order valence-electron chi connectivity index (χ3n) is 16.8. The Morgan fingerprint density at radius 2 is 0.617 bits per heavy atom. The standard InChI is InChI=1S/C75H141NO5/c1-3-5-7-9-11-13-15-17-18-19-20-32-35-38-41-44-47-51-55-59-63-67-73(78)72(71-77)76-74(79)68-64-60-56-52-48-45-42-39-36-33-30-28-26-24-22-21-23-25-27-29-31-34-37-40-43-46-50-54-58-62-66-70-81-75(80)69-65-61-57-53-49-16-14-12-10-8-6-4-2/h12,14,23,25,29,31,63,67,72-73,77-78H,3-11,13,15-22,24,26-28,30,32-62,64-66,68-71H2,1-2H3,(H,76,79)/b14-12-,25-23-,31-29-,67-63+. The van der Waals surface area contributed by atoms with Gasteiger partial charge in [-0.2, -0.15) is 0 Å². The summed E-state index contributed by atoms with van der Waals surface area (Å²) >= 11 is 0. The summed E-state index contributed by atoms with van der Waals surface area (Å²) < 4.78 is 5.47. The fourth-order valence-corrected chi connectivity index (χ4v) is 11.3. The van der Waals surface area contributed by atoms with Gasteiger partial charge in [0, 0.05) is 12.8 Å². The number of rotatable bonds is 68. The number of amides is 1. The van der Waals surface area contributed by atoms with Crippen LogP contribution in [0.3, 0.4) is 0 Å². The Hall–Kier alpha value is -2.18. The van der Waals surface area contributed by atoms with Gasteiger partial charge >= 0.3 is 5.97 Å². The third kappa shape index (κ3) is 66.8. The minimum Gasteiger partial charge on any atom is -0.466 e. The molecule has 0 bridgehead atoms. The number of carbonyl (C=O) groups excluding carboxylic acids is 2. The van der Waals surface area contributed by atoms with E-state index in [-0.39, 0.29) is 18.5 Å². The fraction of sp³-hybridized carbons (Fsp3) is 0.867. The van der Waals surface area contributed by atoms with E-state index < -0.39 is 12.1 Å². The monoisotopic (exact) mass is 1140 g/mol. The Kier molecular flexibility index (Phi) is 68.4. The fourth-order valence-electron chi connectivity index (χ4n) is 11.3. The number of hydrogen-bond donors (Lipinski definition) is 3. The van der Waals surface area contributed by atoms with Gasteiger partial charge in [0.2, 0.25) is 5.91 Å². The highest BCUT2D eigenvalue weighted by Gasteiger charge is 2.18. The Labute approximate surface area is 506 Å². The molecule has 0 rings (SSSR count). The number of esters is 1. The summed E-state index contributed by atoms with van der Waals surface area (Å²) in [5.74, 6) is -0.0610. The smallest absolute Gasteiger partial charge is 0.305 e. The maximum absolute atomic E-state index is 12.5. The predicted molar refractivity (Wildman–Crippen MR) is 356 cm³/mol. The van der Waals surface area contributed by atoms with Gasteiger partial charge < -0.3 is 20.3 Å². The highest BCUT2D eigenvalue weighted by molar-refractivity contribution is 5.76. The zero-order valence-corrected chi connectivity index (χ0v) is 54.5. The van der Waals surface area contributed by atoms with Crippen LogP contribution in [0.15, 0.2) is 48.6 Å². The van der Waals surface area contributed by atoms with Crippen LogP contribution < -0.4 is 5.32 Å². The predicted octanol–water partition coefficient (Wildman–Crippen LogP) is 23.6. The maximum atomic E-state index is 12.5. The molecule has 1 amide bonds. The lowest BCUT2D eigenvalue weighted by atomic mass is 10.0. The van der Waals surface area contributed by atoms with Crippen LogP contribution in [0.25, 0.3) is 0 Å². The van der Waals surface area contributed by atoms with Gasteiger partial charge in [0.15, 0.2) is 0 Å². The molecule has 0 radical (unpaired) electrons. The van der Waals surface area contributed by atoms with Crippen molar-refractivity contribution in [3.05, 3.63) is 48.6 Å². The molecule has 0 aliphatic rings. The molecule has 0 saturated carbocycles. The summed E-state index contributed by atoms with van der Waals surface area (Å²) in [4.78, 5) is 24.5. The molecule has 0 aliphatic carbocycles. The van der Waals surface area contributed by atoms with E-state index in [1.54, 1.807) is 6.08 Å². The van der Waals surface area contributed by atoms with E-state index in [4.69, 9.17) is 4.74 Å².